The van der Waals surface area contributed by atoms with Gasteiger partial charge in [-0.25, -0.2) is 8.42 Å². The van der Waals surface area contributed by atoms with Crippen LogP contribution in [0.2, 0.25) is 0 Å². The second kappa shape index (κ2) is 6.47. The number of para-hydroxylation sites is 1. The second-order valence-corrected chi connectivity index (χ2v) is 7.15. The number of benzene rings is 2. The van der Waals surface area contributed by atoms with Crippen LogP contribution in [0.3, 0.4) is 0 Å². The van der Waals surface area contributed by atoms with E-state index in [0.29, 0.717) is 12.2 Å². The average Bonchev–Trinajstić information content (AvgIpc) is 2.54. The second-order valence-electron chi connectivity index (χ2n) is 5.50. The molecular formula is C16H15F3N2O3S. The van der Waals surface area contributed by atoms with Crippen LogP contribution in [0.1, 0.15) is 12.0 Å². The van der Waals surface area contributed by atoms with Crippen molar-refractivity contribution in [2.75, 3.05) is 16.6 Å². The van der Waals surface area contributed by atoms with E-state index in [1.54, 1.807) is 6.07 Å². The molecule has 0 fully saturated rings. The first-order valence-electron chi connectivity index (χ1n) is 7.49. The Balaban J connectivity index is 1.83. The van der Waals surface area contributed by atoms with Crippen molar-refractivity contribution in [2.24, 2.45) is 0 Å². The Hall–Kier alpha value is -2.42. The Morgan fingerprint density at radius 1 is 1.08 bits per heavy atom. The van der Waals surface area contributed by atoms with Crippen LogP contribution in [0.4, 0.5) is 24.5 Å². The maximum atomic E-state index is 12.6. The summed E-state index contributed by atoms with van der Waals surface area (Å²) in [7, 11) is -3.88. The Bertz CT molecular complexity index is 865. The standard InChI is InChI=1S/C16H15F3N2O3S/c17-16(18,19)24-13-8-6-12(7-9-13)21-25(22,23)14-5-1-3-11-4-2-10-20-15(11)14/h1,3,5-9,20-21H,2,4,10H2. The van der Waals surface area contributed by atoms with Crippen LogP contribution in [-0.2, 0) is 16.4 Å². The van der Waals surface area contributed by atoms with Gasteiger partial charge in [-0.1, -0.05) is 12.1 Å². The fourth-order valence-corrected chi connectivity index (χ4v) is 3.92. The molecule has 1 aliphatic rings. The van der Waals surface area contributed by atoms with Crippen LogP contribution in [-0.4, -0.2) is 21.3 Å². The fraction of sp³-hybridized carbons (Fsp3) is 0.250. The number of fused-ring (bicyclic) bond motifs is 1. The van der Waals surface area contributed by atoms with Gasteiger partial charge in [0.25, 0.3) is 10.0 Å². The van der Waals surface area contributed by atoms with E-state index < -0.39 is 22.1 Å². The van der Waals surface area contributed by atoms with Crippen molar-refractivity contribution in [3.05, 3.63) is 48.0 Å². The topological polar surface area (TPSA) is 67.4 Å². The monoisotopic (exact) mass is 372 g/mol. The van der Waals surface area contributed by atoms with Crippen LogP contribution >= 0.6 is 0 Å². The molecule has 134 valence electrons. The molecular weight excluding hydrogens is 357 g/mol. The highest BCUT2D eigenvalue weighted by molar-refractivity contribution is 7.92. The van der Waals surface area contributed by atoms with Crippen molar-refractivity contribution >= 4 is 21.4 Å². The summed E-state index contributed by atoms with van der Waals surface area (Å²) in [5.74, 6) is -0.422. The fourth-order valence-electron chi connectivity index (χ4n) is 2.64. The summed E-state index contributed by atoms with van der Waals surface area (Å²) in [5, 5.41) is 3.09. The smallest absolute Gasteiger partial charge is 0.406 e. The number of aryl methyl sites for hydroxylation is 1. The van der Waals surface area contributed by atoms with E-state index in [1.165, 1.54) is 18.2 Å². The first-order chi connectivity index (χ1) is 11.7. The predicted molar refractivity (Wildman–Crippen MR) is 87.2 cm³/mol. The molecule has 2 N–H and O–H groups in total. The Kier molecular flexibility index (Phi) is 4.51. The molecule has 1 heterocycles. The van der Waals surface area contributed by atoms with E-state index >= 15 is 0 Å². The largest absolute Gasteiger partial charge is 0.573 e. The number of hydrogen-bond acceptors (Lipinski definition) is 4. The lowest BCUT2D eigenvalue weighted by atomic mass is 10.0. The van der Waals surface area contributed by atoms with Crippen molar-refractivity contribution in [2.45, 2.75) is 24.1 Å². The molecule has 25 heavy (non-hydrogen) atoms. The maximum Gasteiger partial charge on any atom is 0.573 e. The third-order valence-corrected chi connectivity index (χ3v) is 5.09. The number of alkyl halides is 3. The summed E-state index contributed by atoms with van der Waals surface area (Å²) in [6.07, 6.45) is -3.09. The Morgan fingerprint density at radius 2 is 1.80 bits per heavy atom. The first-order valence-corrected chi connectivity index (χ1v) is 8.97. The zero-order chi connectivity index (χ0) is 18.1. The number of ether oxygens (including phenoxy) is 1. The number of hydrogen-bond donors (Lipinski definition) is 2. The van der Waals surface area contributed by atoms with Gasteiger partial charge >= 0.3 is 6.36 Å². The molecule has 5 nitrogen and oxygen atoms in total. The SMILES string of the molecule is O=S(=O)(Nc1ccc(OC(F)(F)F)cc1)c1cccc2c1NCCC2. The molecule has 2 aromatic carbocycles. The lowest BCUT2D eigenvalue weighted by Gasteiger charge is -2.21. The molecule has 0 saturated carbocycles. The van der Waals surface area contributed by atoms with Gasteiger partial charge in [-0.15, -0.1) is 13.2 Å². The molecule has 0 atom stereocenters. The molecule has 0 bridgehead atoms. The molecule has 0 unspecified atom stereocenters. The summed E-state index contributed by atoms with van der Waals surface area (Å²) < 4.78 is 67.8. The summed E-state index contributed by atoms with van der Waals surface area (Å²) in [5.41, 5.74) is 1.63. The van der Waals surface area contributed by atoms with Gasteiger partial charge in [0.15, 0.2) is 0 Å². The van der Waals surface area contributed by atoms with E-state index in [9.17, 15) is 21.6 Å². The Labute approximate surface area is 142 Å². The Morgan fingerprint density at radius 3 is 2.48 bits per heavy atom. The molecule has 1 aliphatic heterocycles. The summed E-state index contributed by atoms with van der Waals surface area (Å²) in [6, 6.07) is 9.53. The van der Waals surface area contributed by atoms with Gasteiger partial charge in [-0.3, -0.25) is 4.72 Å². The highest BCUT2D eigenvalue weighted by Crippen LogP contribution is 2.31. The van der Waals surface area contributed by atoms with Crippen molar-refractivity contribution in [3.63, 3.8) is 0 Å². The highest BCUT2D eigenvalue weighted by Gasteiger charge is 2.31. The molecule has 0 saturated heterocycles. The van der Waals surface area contributed by atoms with E-state index in [4.69, 9.17) is 0 Å². The number of halogens is 3. The van der Waals surface area contributed by atoms with Crippen molar-refractivity contribution in [1.29, 1.82) is 0 Å². The zero-order valence-corrected chi connectivity index (χ0v) is 13.7. The van der Waals surface area contributed by atoms with E-state index in [1.807, 2.05) is 6.07 Å². The molecule has 0 aliphatic carbocycles. The minimum Gasteiger partial charge on any atom is -0.406 e. The molecule has 9 heteroatoms. The molecule has 2 aromatic rings. The lowest BCUT2D eigenvalue weighted by molar-refractivity contribution is -0.274. The minimum atomic E-state index is -4.80. The summed E-state index contributed by atoms with van der Waals surface area (Å²) in [4.78, 5) is 0.111. The third-order valence-electron chi connectivity index (χ3n) is 3.67. The number of rotatable bonds is 4. The van der Waals surface area contributed by atoms with Gasteiger partial charge < -0.3 is 10.1 Å². The van der Waals surface area contributed by atoms with Crippen LogP contribution in [0, 0.1) is 0 Å². The average molecular weight is 372 g/mol. The molecule has 0 spiro atoms. The molecule has 0 aromatic heterocycles. The summed E-state index contributed by atoms with van der Waals surface area (Å²) >= 11 is 0. The third kappa shape index (κ3) is 4.16. The van der Waals surface area contributed by atoms with E-state index in [-0.39, 0.29) is 10.6 Å². The van der Waals surface area contributed by atoms with Gasteiger partial charge in [0.1, 0.15) is 10.6 Å². The number of nitrogens with one attached hydrogen (secondary N) is 2. The van der Waals surface area contributed by atoms with Crippen molar-refractivity contribution in [1.82, 2.24) is 0 Å². The van der Waals surface area contributed by atoms with Crippen molar-refractivity contribution in [3.8, 4) is 5.75 Å². The first kappa shape index (κ1) is 17.4. The zero-order valence-electron chi connectivity index (χ0n) is 12.9. The van der Waals surface area contributed by atoms with Crippen LogP contribution in [0.15, 0.2) is 47.4 Å². The number of sulfonamides is 1. The molecule has 0 radical (unpaired) electrons. The predicted octanol–water partition coefficient (Wildman–Crippen LogP) is 3.74. The normalized spacial score (nSPS) is 14.4. The molecule has 0 amide bonds. The lowest BCUT2D eigenvalue weighted by Crippen LogP contribution is -2.19. The quantitative estimate of drug-likeness (QED) is 0.858. The number of anilines is 2. The van der Waals surface area contributed by atoms with E-state index in [0.717, 1.165) is 30.5 Å². The van der Waals surface area contributed by atoms with Gasteiger partial charge in [0.2, 0.25) is 0 Å². The van der Waals surface area contributed by atoms with E-state index in [2.05, 4.69) is 14.8 Å². The van der Waals surface area contributed by atoms with Gasteiger partial charge in [-0.2, -0.15) is 0 Å². The highest BCUT2D eigenvalue weighted by atomic mass is 32.2. The summed E-state index contributed by atoms with van der Waals surface area (Å²) in [6.45, 7) is 0.684. The van der Waals surface area contributed by atoms with Crippen LogP contribution < -0.4 is 14.8 Å². The van der Waals surface area contributed by atoms with Crippen LogP contribution in [0.25, 0.3) is 0 Å². The van der Waals surface area contributed by atoms with Gasteiger partial charge in [0.05, 0.1) is 5.69 Å². The molecule has 3 rings (SSSR count). The van der Waals surface area contributed by atoms with Gasteiger partial charge in [-0.05, 0) is 48.7 Å². The van der Waals surface area contributed by atoms with Gasteiger partial charge in [0, 0.05) is 12.2 Å². The maximum absolute atomic E-state index is 12.6. The van der Waals surface area contributed by atoms with Crippen molar-refractivity contribution < 1.29 is 26.3 Å². The minimum absolute atomic E-state index is 0.111. The van der Waals surface area contributed by atoms with Crippen LogP contribution in [0.5, 0.6) is 5.75 Å².